The Labute approximate surface area is 107 Å². The molecule has 0 bridgehead atoms. The van der Waals surface area contributed by atoms with Crippen LogP contribution in [0.15, 0.2) is 36.4 Å². The Kier molecular flexibility index (Phi) is 3.42. The van der Waals surface area contributed by atoms with Gasteiger partial charge in [-0.25, -0.2) is 0 Å². The average molecular weight is 242 g/mol. The molecule has 0 fully saturated rings. The van der Waals surface area contributed by atoms with E-state index in [9.17, 15) is 5.11 Å². The second kappa shape index (κ2) is 5.00. The molecule has 2 rings (SSSR count). The molecule has 0 aromatic heterocycles. The number of aromatic hydroxyl groups is 1. The number of aryl methyl sites for hydroxylation is 1. The Hall–Kier alpha value is -2.16. The monoisotopic (exact) mass is 242 g/mol. The minimum atomic E-state index is 0.197. The molecule has 94 valence electrons. The number of phenols is 1. The zero-order valence-corrected chi connectivity index (χ0v) is 10.5. The fraction of sp³-hybridized carbons (Fsp3) is 0.200. The zero-order chi connectivity index (χ0) is 13.1. The van der Waals surface area contributed by atoms with Crippen molar-refractivity contribution in [1.29, 1.82) is 0 Å². The van der Waals surface area contributed by atoms with E-state index in [-0.39, 0.29) is 5.75 Å². The number of hydrogen-bond donors (Lipinski definition) is 3. The summed E-state index contributed by atoms with van der Waals surface area (Å²) in [6.45, 7) is 2.08. The van der Waals surface area contributed by atoms with Crippen molar-refractivity contribution in [2.45, 2.75) is 19.8 Å². The van der Waals surface area contributed by atoms with E-state index in [1.54, 1.807) is 6.07 Å². The van der Waals surface area contributed by atoms with E-state index in [1.807, 2.05) is 12.1 Å². The van der Waals surface area contributed by atoms with Crippen LogP contribution in [0.5, 0.6) is 5.75 Å². The number of nitrogens with two attached hydrogens (primary N) is 2. The van der Waals surface area contributed by atoms with Gasteiger partial charge in [0.05, 0.1) is 0 Å². The molecule has 18 heavy (non-hydrogen) atoms. The second-order valence-corrected chi connectivity index (χ2v) is 4.50. The van der Waals surface area contributed by atoms with Crippen LogP contribution in [-0.4, -0.2) is 5.11 Å². The van der Waals surface area contributed by atoms with Crippen LogP contribution < -0.4 is 11.5 Å². The van der Waals surface area contributed by atoms with Crippen LogP contribution in [0.1, 0.15) is 23.6 Å². The second-order valence-electron chi connectivity index (χ2n) is 4.50. The molecule has 3 heteroatoms. The summed E-state index contributed by atoms with van der Waals surface area (Å²) in [6.07, 6.45) is 1.65. The predicted molar refractivity (Wildman–Crippen MR) is 75.6 cm³/mol. The van der Waals surface area contributed by atoms with Crippen molar-refractivity contribution in [3.05, 3.63) is 53.1 Å². The summed E-state index contributed by atoms with van der Waals surface area (Å²) in [5.41, 5.74) is 16.3. The normalized spacial score (nSPS) is 10.5. The summed E-state index contributed by atoms with van der Waals surface area (Å²) in [5, 5.41) is 9.50. The van der Waals surface area contributed by atoms with Gasteiger partial charge in [-0.05, 0) is 47.7 Å². The Morgan fingerprint density at radius 3 is 2.39 bits per heavy atom. The lowest BCUT2D eigenvalue weighted by molar-refractivity contribution is 0.475. The smallest absolute Gasteiger partial charge is 0.117 e. The molecule has 0 aliphatic rings. The van der Waals surface area contributed by atoms with Gasteiger partial charge in [0, 0.05) is 17.4 Å². The minimum Gasteiger partial charge on any atom is -0.508 e. The highest BCUT2D eigenvalue weighted by atomic mass is 16.3. The number of nitrogen functional groups attached to an aromatic ring is 2. The molecular formula is C15H18N2O. The minimum absolute atomic E-state index is 0.197. The molecule has 0 unspecified atom stereocenters. The molecule has 0 radical (unpaired) electrons. The molecule has 0 aliphatic heterocycles. The topological polar surface area (TPSA) is 72.3 Å². The maximum Gasteiger partial charge on any atom is 0.117 e. The lowest BCUT2D eigenvalue weighted by Crippen LogP contribution is -1.96. The van der Waals surface area contributed by atoms with Crippen LogP contribution >= 0.6 is 0 Å². The first-order valence-corrected chi connectivity index (χ1v) is 6.04. The van der Waals surface area contributed by atoms with Crippen molar-refractivity contribution in [3.8, 4) is 5.75 Å². The number of anilines is 2. The van der Waals surface area contributed by atoms with Gasteiger partial charge in [0.2, 0.25) is 0 Å². The number of rotatable bonds is 3. The molecule has 5 N–H and O–H groups in total. The van der Waals surface area contributed by atoms with Gasteiger partial charge in [-0.2, -0.15) is 0 Å². The van der Waals surface area contributed by atoms with E-state index < -0.39 is 0 Å². The third-order valence-corrected chi connectivity index (χ3v) is 3.00. The molecule has 0 amide bonds. The molecule has 0 saturated heterocycles. The number of phenolic OH excluding ortho intramolecular Hbond substituents is 1. The van der Waals surface area contributed by atoms with Crippen molar-refractivity contribution in [3.63, 3.8) is 0 Å². The van der Waals surface area contributed by atoms with E-state index >= 15 is 0 Å². The first-order valence-electron chi connectivity index (χ1n) is 6.04. The van der Waals surface area contributed by atoms with Crippen molar-refractivity contribution < 1.29 is 5.11 Å². The fourth-order valence-corrected chi connectivity index (χ4v) is 2.11. The summed E-state index contributed by atoms with van der Waals surface area (Å²) in [7, 11) is 0. The predicted octanol–water partition coefficient (Wildman–Crippen LogP) is 2.71. The van der Waals surface area contributed by atoms with Gasteiger partial charge in [-0.3, -0.25) is 0 Å². The molecule has 3 nitrogen and oxygen atoms in total. The standard InChI is InChI=1S/C15H18N2O/c1-2-12-4-3-10(8-15(12)17)5-11-6-13(16)9-14(18)7-11/h3-4,6-9,18H,2,5,16-17H2,1H3. The molecule has 0 atom stereocenters. The van der Waals surface area contributed by atoms with Gasteiger partial charge in [0.15, 0.2) is 0 Å². The van der Waals surface area contributed by atoms with Gasteiger partial charge >= 0.3 is 0 Å². The highest BCUT2D eigenvalue weighted by molar-refractivity contribution is 5.52. The average Bonchev–Trinajstić information content (AvgIpc) is 2.27. The van der Waals surface area contributed by atoms with Gasteiger partial charge in [0.25, 0.3) is 0 Å². The van der Waals surface area contributed by atoms with Gasteiger partial charge < -0.3 is 16.6 Å². The van der Waals surface area contributed by atoms with Crippen LogP contribution in [0.2, 0.25) is 0 Å². The Morgan fingerprint density at radius 1 is 1.00 bits per heavy atom. The van der Waals surface area contributed by atoms with Gasteiger partial charge in [-0.15, -0.1) is 0 Å². The van der Waals surface area contributed by atoms with E-state index in [1.165, 1.54) is 6.07 Å². The van der Waals surface area contributed by atoms with Crippen LogP contribution in [0, 0.1) is 0 Å². The van der Waals surface area contributed by atoms with Crippen LogP contribution in [0.3, 0.4) is 0 Å². The third kappa shape index (κ3) is 2.74. The van der Waals surface area contributed by atoms with Crippen LogP contribution in [-0.2, 0) is 12.8 Å². The molecule has 0 heterocycles. The molecule has 0 spiro atoms. The number of hydrogen-bond acceptors (Lipinski definition) is 3. The molecule has 2 aromatic rings. The lowest BCUT2D eigenvalue weighted by Gasteiger charge is -2.08. The van der Waals surface area contributed by atoms with Crippen molar-refractivity contribution in [1.82, 2.24) is 0 Å². The molecule has 2 aromatic carbocycles. The number of benzene rings is 2. The Balaban J connectivity index is 2.25. The zero-order valence-electron chi connectivity index (χ0n) is 10.5. The van der Waals surface area contributed by atoms with Crippen LogP contribution in [0.4, 0.5) is 11.4 Å². The fourth-order valence-electron chi connectivity index (χ4n) is 2.11. The maximum atomic E-state index is 9.50. The highest BCUT2D eigenvalue weighted by Gasteiger charge is 2.03. The molecule has 0 aliphatic carbocycles. The maximum absolute atomic E-state index is 9.50. The molecule has 0 saturated carbocycles. The summed E-state index contributed by atoms with van der Waals surface area (Å²) >= 11 is 0. The summed E-state index contributed by atoms with van der Waals surface area (Å²) < 4.78 is 0. The van der Waals surface area contributed by atoms with Crippen LogP contribution in [0.25, 0.3) is 0 Å². The van der Waals surface area contributed by atoms with Gasteiger partial charge in [-0.1, -0.05) is 19.1 Å². The Morgan fingerprint density at radius 2 is 1.78 bits per heavy atom. The first kappa shape index (κ1) is 12.3. The van der Waals surface area contributed by atoms with E-state index in [2.05, 4.69) is 19.1 Å². The molecular weight excluding hydrogens is 224 g/mol. The SMILES string of the molecule is CCc1ccc(Cc2cc(N)cc(O)c2)cc1N. The van der Waals surface area contributed by atoms with E-state index in [0.29, 0.717) is 12.1 Å². The van der Waals surface area contributed by atoms with Crippen molar-refractivity contribution in [2.75, 3.05) is 11.5 Å². The van der Waals surface area contributed by atoms with Crippen molar-refractivity contribution >= 4 is 11.4 Å². The quantitative estimate of drug-likeness (QED) is 0.725. The van der Waals surface area contributed by atoms with E-state index in [0.717, 1.165) is 28.8 Å². The van der Waals surface area contributed by atoms with Crippen molar-refractivity contribution in [2.24, 2.45) is 0 Å². The lowest BCUT2D eigenvalue weighted by atomic mass is 10.0. The van der Waals surface area contributed by atoms with Gasteiger partial charge in [0.1, 0.15) is 5.75 Å². The highest BCUT2D eigenvalue weighted by Crippen LogP contribution is 2.22. The summed E-state index contributed by atoms with van der Waals surface area (Å²) in [4.78, 5) is 0. The first-order chi connectivity index (χ1) is 8.58. The Bertz CT molecular complexity index is 544. The largest absolute Gasteiger partial charge is 0.508 e. The third-order valence-electron chi connectivity index (χ3n) is 3.00. The summed E-state index contributed by atoms with van der Waals surface area (Å²) in [5.74, 6) is 0.197. The van der Waals surface area contributed by atoms with E-state index in [4.69, 9.17) is 11.5 Å². The summed E-state index contributed by atoms with van der Waals surface area (Å²) in [6, 6.07) is 11.2.